The minimum Gasteiger partial charge on any atom is -0.193 e. The molecule has 0 saturated carbocycles. The first-order valence-corrected chi connectivity index (χ1v) is 5.09. The molecule has 0 radical (unpaired) electrons. The highest BCUT2D eigenvalue weighted by atomic mass is 127. The van der Waals surface area contributed by atoms with E-state index in [9.17, 15) is 4.39 Å². The summed E-state index contributed by atoms with van der Waals surface area (Å²) in [5.74, 6) is 0. The Hall–Kier alpha value is 0.290. The van der Waals surface area contributed by atoms with Crippen LogP contribution in [0.5, 0.6) is 0 Å². The van der Waals surface area contributed by atoms with E-state index >= 15 is 0 Å². The van der Waals surface area contributed by atoms with Crippen molar-refractivity contribution in [2.45, 2.75) is 26.2 Å². The molecule has 1 rings (SSSR count). The van der Waals surface area contributed by atoms with Gasteiger partial charge in [-0.3, -0.25) is 0 Å². The van der Waals surface area contributed by atoms with Gasteiger partial charge in [0.2, 0.25) is 5.13 Å². The second-order valence-electron chi connectivity index (χ2n) is 3.37. The van der Waals surface area contributed by atoms with Crippen LogP contribution in [0.2, 0.25) is 0 Å². The predicted molar refractivity (Wildman–Crippen MR) is 53.5 cm³/mol. The lowest BCUT2D eigenvalue weighted by Crippen LogP contribution is -2.13. The minimum absolute atomic E-state index is 0.0443. The zero-order valence-corrected chi connectivity index (χ0v) is 9.59. The summed E-state index contributed by atoms with van der Waals surface area (Å²) in [6, 6.07) is 0. The Balaban J connectivity index is 3.15. The van der Waals surface area contributed by atoms with Gasteiger partial charge >= 0.3 is 0 Å². The molecule has 0 fully saturated rings. The largest absolute Gasteiger partial charge is 0.209 e. The zero-order chi connectivity index (χ0) is 8.65. The molecule has 0 amide bonds. The van der Waals surface area contributed by atoms with Crippen LogP contribution < -0.4 is 0 Å². The Morgan fingerprint density at radius 2 is 2.00 bits per heavy atom. The van der Waals surface area contributed by atoms with Crippen molar-refractivity contribution in [2.24, 2.45) is 0 Å². The fourth-order valence-corrected chi connectivity index (χ4v) is 2.83. The molecule has 1 aromatic rings. The number of nitrogens with zero attached hydrogens (tertiary/aromatic N) is 1. The second-order valence-corrected chi connectivity index (χ2v) is 5.17. The van der Waals surface area contributed by atoms with Crippen molar-refractivity contribution in [3.63, 3.8) is 0 Å². The van der Waals surface area contributed by atoms with Crippen molar-refractivity contribution in [1.29, 1.82) is 0 Å². The minimum atomic E-state index is -0.171. The Bertz CT molecular complexity index is 264. The van der Waals surface area contributed by atoms with Crippen LogP contribution >= 0.6 is 34.1 Å². The molecule has 0 bridgehead atoms. The molecular formula is C7H9FINS. The van der Waals surface area contributed by atoms with Crippen molar-refractivity contribution in [2.75, 3.05) is 0 Å². The van der Waals surface area contributed by atoms with Crippen LogP contribution in [0.25, 0.3) is 0 Å². The first-order valence-electron chi connectivity index (χ1n) is 3.24. The van der Waals surface area contributed by atoms with Crippen molar-refractivity contribution in [3.05, 3.63) is 14.4 Å². The van der Waals surface area contributed by atoms with Gasteiger partial charge in [-0.1, -0.05) is 20.8 Å². The van der Waals surface area contributed by atoms with Gasteiger partial charge in [0, 0.05) is 5.41 Å². The molecule has 0 unspecified atom stereocenters. The first kappa shape index (κ1) is 9.38. The average molecular weight is 285 g/mol. The van der Waals surface area contributed by atoms with Gasteiger partial charge in [0.1, 0.15) is 0 Å². The third kappa shape index (κ3) is 1.90. The van der Waals surface area contributed by atoms with Gasteiger partial charge in [-0.05, 0) is 34.1 Å². The quantitative estimate of drug-likeness (QED) is 0.667. The van der Waals surface area contributed by atoms with Crippen molar-refractivity contribution < 1.29 is 4.39 Å². The van der Waals surface area contributed by atoms with E-state index in [1.165, 1.54) is 0 Å². The van der Waals surface area contributed by atoms with Crippen molar-refractivity contribution in [3.8, 4) is 0 Å². The third-order valence-electron chi connectivity index (χ3n) is 1.31. The van der Waals surface area contributed by atoms with Gasteiger partial charge in [0.25, 0.3) is 0 Å². The van der Waals surface area contributed by atoms with Crippen LogP contribution in [0.3, 0.4) is 0 Å². The zero-order valence-electron chi connectivity index (χ0n) is 6.61. The maximum atomic E-state index is 12.8. The van der Waals surface area contributed by atoms with E-state index in [1.807, 2.05) is 43.4 Å². The van der Waals surface area contributed by atoms with Crippen LogP contribution in [0, 0.1) is 8.70 Å². The summed E-state index contributed by atoms with van der Waals surface area (Å²) in [4.78, 5) is 0. The molecule has 0 saturated heterocycles. The number of rotatable bonds is 0. The van der Waals surface area contributed by atoms with E-state index in [-0.39, 0.29) is 10.5 Å². The van der Waals surface area contributed by atoms with E-state index in [4.69, 9.17) is 0 Å². The van der Waals surface area contributed by atoms with Crippen LogP contribution in [0.4, 0.5) is 4.39 Å². The summed E-state index contributed by atoms with van der Waals surface area (Å²) in [5, 5.41) is -0.171. The fourth-order valence-electron chi connectivity index (χ4n) is 0.725. The summed E-state index contributed by atoms with van der Waals surface area (Å²) in [6.07, 6.45) is 0. The fraction of sp³-hybridized carbons (Fsp3) is 0.571. The molecule has 0 aliphatic rings. The molecule has 1 nitrogen and oxygen atoms in total. The number of halogens is 2. The smallest absolute Gasteiger partial charge is 0.193 e. The molecule has 0 aromatic carbocycles. The van der Waals surface area contributed by atoms with Crippen molar-refractivity contribution >= 4 is 34.1 Å². The highest BCUT2D eigenvalue weighted by molar-refractivity contribution is 14.1. The Morgan fingerprint density at radius 3 is 2.18 bits per heavy atom. The van der Waals surface area contributed by atoms with Gasteiger partial charge in [-0.2, -0.15) is 8.76 Å². The lowest BCUT2D eigenvalue weighted by Gasteiger charge is -2.15. The van der Waals surface area contributed by atoms with Crippen LogP contribution in [-0.4, -0.2) is 4.37 Å². The molecular weight excluding hydrogens is 276 g/mol. The topological polar surface area (TPSA) is 12.9 Å². The number of aromatic nitrogens is 1. The lowest BCUT2D eigenvalue weighted by molar-refractivity contribution is 0.564. The first-order chi connectivity index (χ1) is 4.93. The van der Waals surface area contributed by atoms with Crippen LogP contribution in [0.1, 0.15) is 26.5 Å². The van der Waals surface area contributed by atoms with Crippen LogP contribution in [-0.2, 0) is 5.41 Å². The van der Waals surface area contributed by atoms with Gasteiger partial charge < -0.3 is 0 Å². The summed E-state index contributed by atoms with van der Waals surface area (Å²) in [6.45, 7) is 6.09. The summed E-state index contributed by atoms with van der Waals surface area (Å²) in [7, 11) is 0. The van der Waals surface area contributed by atoms with E-state index in [0.29, 0.717) is 3.57 Å². The highest BCUT2D eigenvalue weighted by Crippen LogP contribution is 2.29. The molecule has 0 aliphatic carbocycles. The molecule has 0 N–H and O–H groups in total. The SMILES string of the molecule is CC(C)(C)c1nsc(F)c1I. The average Bonchev–Trinajstić information content (AvgIpc) is 2.11. The van der Waals surface area contributed by atoms with E-state index < -0.39 is 0 Å². The summed E-state index contributed by atoms with van der Waals surface area (Å²) < 4.78 is 17.5. The van der Waals surface area contributed by atoms with E-state index in [0.717, 1.165) is 17.2 Å². The summed E-state index contributed by atoms with van der Waals surface area (Å²) >= 11 is 2.93. The molecule has 1 heterocycles. The molecule has 0 atom stereocenters. The van der Waals surface area contributed by atoms with Gasteiger partial charge in [-0.25, -0.2) is 0 Å². The predicted octanol–water partition coefficient (Wildman–Crippen LogP) is 3.18. The normalized spacial score (nSPS) is 12.1. The monoisotopic (exact) mass is 285 g/mol. The molecule has 62 valence electrons. The Morgan fingerprint density at radius 1 is 1.45 bits per heavy atom. The van der Waals surface area contributed by atoms with Gasteiger partial charge in [0.15, 0.2) is 0 Å². The molecule has 0 aliphatic heterocycles. The highest BCUT2D eigenvalue weighted by Gasteiger charge is 2.22. The number of hydrogen-bond donors (Lipinski definition) is 0. The standard InChI is InChI=1S/C7H9FINS/c1-7(2,3)5-4(9)6(8)11-10-5/h1-3H3. The Labute approximate surface area is 83.3 Å². The molecule has 4 heteroatoms. The molecule has 11 heavy (non-hydrogen) atoms. The third-order valence-corrected chi connectivity index (χ3v) is 3.30. The lowest BCUT2D eigenvalue weighted by atomic mass is 9.93. The molecule has 0 spiro atoms. The summed E-state index contributed by atoms with van der Waals surface area (Å²) in [5.41, 5.74) is 0.817. The van der Waals surface area contributed by atoms with Crippen LogP contribution in [0.15, 0.2) is 0 Å². The van der Waals surface area contributed by atoms with E-state index in [2.05, 4.69) is 4.37 Å². The van der Waals surface area contributed by atoms with Gasteiger partial charge in [-0.15, -0.1) is 0 Å². The van der Waals surface area contributed by atoms with Crippen molar-refractivity contribution in [1.82, 2.24) is 4.37 Å². The van der Waals surface area contributed by atoms with Gasteiger partial charge in [0.05, 0.1) is 9.26 Å². The van der Waals surface area contributed by atoms with E-state index in [1.54, 1.807) is 0 Å². The Kier molecular flexibility index (Phi) is 2.53. The molecule has 1 aromatic heterocycles. The second kappa shape index (κ2) is 2.97. The maximum absolute atomic E-state index is 12.8. The maximum Gasteiger partial charge on any atom is 0.209 e. The number of hydrogen-bond acceptors (Lipinski definition) is 2.